The van der Waals surface area contributed by atoms with E-state index in [0.717, 1.165) is 30.0 Å². The van der Waals surface area contributed by atoms with Gasteiger partial charge in [-0.3, -0.25) is 9.78 Å². The van der Waals surface area contributed by atoms with Gasteiger partial charge < -0.3 is 0 Å². The van der Waals surface area contributed by atoms with Gasteiger partial charge in [0.25, 0.3) is 0 Å². The SMILES string of the molecule is CC(C)c1nnsc1C(=O)c1cnccc1C(F)(F)F. The van der Waals surface area contributed by atoms with E-state index < -0.39 is 23.1 Å². The monoisotopic (exact) mass is 301 g/mol. The summed E-state index contributed by atoms with van der Waals surface area (Å²) in [5, 5.41) is 3.80. The van der Waals surface area contributed by atoms with E-state index in [1.165, 1.54) is 0 Å². The number of hydrogen-bond acceptors (Lipinski definition) is 5. The molecule has 0 aliphatic heterocycles. The lowest BCUT2D eigenvalue weighted by Gasteiger charge is -2.11. The molecular weight excluding hydrogens is 291 g/mol. The fourth-order valence-corrected chi connectivity index (χ4v) is 2.45. The maximum Gasteiger partial charge on any atom is 0.417 e. The molecular formula is C12H10F3N3OS. The molecule has 4 nitrogen and oxygen atoms in total. The van der Waals surface area contributed by atoms with Crippen molar-refractivity contribution >= 4 is 17.3 Å². The van der Waals surface area contributed by atoms with Gasteiger partial charge in [0.2, 0.25) is 5.78 Å². The van der Waals surface area contributed by atoms with Crippen LogP contribution in [0.4, 0.5) is 13.2 Å². The number of alkyl halides is 3. The Balaban J connectivity index is 2.52. The van der Waals surface area contributed by atoms with E-state index in [0.29, 0.717) is 5.69 Å². The minimum atomic E-state index is -4.61. The molecule has 0 radical (unpaired) electrons. The molecule has 0 unspecified atom stereocenters. The Morgan fingerprint density at radius 1 is 1.35 bits per heavy atom. The van der Waals surface area contributed by atoms with E-state index in [2.05, 4.69) is 14.6 Å². The van der Waals surface area contributed by atoms with E-state index in [-0.39, 0.29) is 10.8 Å². The first-order valence-corrected chi connectivity index (χ1v) is 6.48. The zero-order chi connectivity index (χ0) is 14.9. The minimum absolute atomic E-state index is 0.0984. The van der Waals surface area contributed by atoms with Gasteiger partial charge in [-0.05, 0) is 23.5 Å². The van der Waals surface area contributed by atoms with Gasteiger partial charge in [0.15, 0.2) is 0 Å². The summed E-state index contributed by atoms with van der Waals surface area (Å²) < 4.78 is 42.4. The van der Waals surface area contributed by atoms with Gasteiger partial charge in [0.05, 0.1) is 16.8 Å². The Bertz CT molecular complexity index is 637. The fourth-order valence-electron chi connectivity index (χ4n) is 1.68. The second kappa shape index (κ2) is 5.28. The van der Waals surface area contributed by atoms with Crippen molar-refractivity contribution in [3.05, 3.63) is 40.2 Å². The minimum Gasteiger partial charge on any atom is -0.287 e. The number of nitrogens with zero attached hydrogens (tertiary/aromatic N) is 3. The molecule has 2 heterocycles. The molecule has 0 saturated heterocycles. The van der Waals surface area contributed by atoms with Crippen molar-refractivity contribution in [1.82, 2.24) is 14.6 Å². The van der Waals surface area contributed by atoms with Gasteiger partial charge in [-0.15, -0.1) is 5.10 Å². The summed E-state index contributed by atoms with van der Waals surface area (Å²) in [4.78, 5) is 16.0. The normalized spacial score (nSPS) is 11.9. The van der Waals surface area contributed by atoms with Gasteiger partial charge >= 0.3 is 6.18 Å². The van der Waals surface area contributed by atoms with Crippen LogP contribution in [-0.2, 0) is 6.18 Å². The van der Waals surface area contributed by atoms with E-state index in [4.69, 9.17) is 0 Å². The topological polar surface area (TPSA) is 55.7 Å². The Hall–Kier alpha value is -1.83. The molecule has 0 amide bonds. The van der Waals surface area contributed by atoms with Gasteiger partial charge in [-0.1, -0.05) is 18.3 Å². The van der Waals surface area contributed by atoms with Crippen LogP contribution < -0.4 is 0 Å². The number of pyridine rings is 1. The van der Waals surface area contributed by atoms with Crippen LogP contribution >= 0.6 is 11.5 Å². The van der Waals surface area contributed by atoms with Gasteiger partial charge in [0.1, 0.15) is 4.88 Å². The highest BCUT2D eigenvalue weighted by molar-refractivity contribution is 7.08. The summed E-state index contributed by atoms with van der Waals surface area (Å²) in [5.74, 6) is -0.845. The number of ketones is 1. The van der Waals surface area contributed by atoms with Crippen molar-refractivity contribution in [2.75, 3.05) is 0 Å². The maximum absolute atomic E-state index is 12.9. The molecule has 0 aliphatic rings. The Morgan fingerprint density at radius 2 is 2.05 bits per heavy atom. The zero-order valence-electron chi connectivity index (χ0n) is 10.6. The molecule has 0 fully saturated rings. The smallest absolute Gasteiger partial charge is 0.287 e. The molecule has 2 aromatic heterocycles. The van der Waals surface area contributed by atoms with Crippen LogP contribution in [0.15, 0.2) is 18.5 Å². The Kier molecular flexibility index (Phi) is 3.85. The second-order valence-corrected chi connectivity index (χ2v) is 5.14. The van der Waals surface area contributed by atoms with Crippen molar-refractivity contribution < 1.29 is 18.0 Å². The third-order valence-electron chi connectivity index (χ3n) is 2.64. The summed E-state index contributed by atoms with van der Waals surface area (Å²) in [6.07, 6.45) is -2.67. The van der Waals surface area contributed by atoms with Crippen molar-refractivity contribution in [2.24, 2.45) is 0 Å². The van der Waals surface area contributed by atoms with Crippen LogP contribution in [0.2, 0.25) is 0 Å². The van der Waals surface area contributed by atoms with E-state index in [1.54, 1.807) is 13.8 Å². The fraction of sp³-hybridized carbons (Fsp3) is 0.333. The lowest BCUT2D eigenvalue weighted by molar-refractivity contribution is -0.137. The summed E-state index contributed by atoms with van der Waals surface area (Å²) in [5.41, 5.74) is -1.08. The average molecular weight is 301 g/mol. The Labute approximate surface area is 116 Å². The predicted molar refractivity (Wildman–Crippen MR) is 66.7 cm³/mol. The number of aromatic nitrogens is 3. The van der Waals surface area contributed by atoms with Crippen molar-refractivity contribution in [3.8, 4) is 0 Å². The van der Waals surface area contributed by atoms with Crippen LogP contribution in [0, 0.1) is 0 Å². The van der Waals surface area contributed by atoms with Crippen LogP contribution in [0.1, 0.15) is 46.3 Å². The second-order valence-electron chi connectivity index (χ2n) is 4.39. The molecule has 2 aromatic rings. The van der Waals surface area contributed by atoms with Crippen molar-refractivity contribution in [2.45, 2.75) is 25.9 Å². The molecule has 0 bridgehead atoms. The van der Waals surface area contributed by atoms with Crippen molar-refractivity contribution in [3.63, 3.8) is 0 Å². The molecule has 8 heteroatoms. The van der Waals surface area contributed by atoms with Crippen LogP contribution in [0.5, 0.6) is 0 Å². The number of carbonyl (C=O) groups excluding carboxylic acids is 1. The van der Waals surface area contributed by atoms with Crippen LogP contribution in [0.25, 0.3) is 0 Å². The highest BCUT2D eigenvalue weighted by Crippen LogP contribution is 2.33. The Morgan fingerprint density at radius 3 is 2.65 bits per heavy atom. The van der Waals surface area contributed by atoms with Crippen molar-refractivity contribution in [1.29, 1.82) is 0 Å². The maximum atomic E-state index is 12.9. The summed E-state index contributed by atoms with van der Waals surface area (Å²) >= 11 is 0.794. The number of rotatable bonds is 3. The quantitative estimate of drug-likeness (QED) is 0.816. The van der Waals surface area contributed by atoms with Crippen LogP contribution in [-0.4, -0.2) is 20.4 Å². The molecule has 106 valence electrons. The summed E-state index contributed by atoms with van der Waals surface area (Å²) in [7, 11) is 0. The van der Waals surface area contributed by atoms with Gasteiger partial charge in [0, 0.05) is 12.4 Å². The first-order valence-electron chi connectivity index (χ1n) is 5.70. The molecule has 20 heavy (non-hydrogen) atoms. The summed E-state index contributed by atoms with van der Waals surface area (Å²) in [6, 6.07) is 0.788. The first kappa shape index (κ1) is 14.6. The lowest BCUT2D eigenvalue weighted by atomic mass is 10.0. The molecule has 2 rings (SSSR count). The first-order chi connectivity index (χ1) is 9.32. The predicted octanol–water partition coefficient (Wildman–Crippen LogP) is 3.31. The van der Waals surface area contributed by atoms with Gasteiger partial charge in [-0.2, -0.15) is 13.2 Å². The number of halogens is 3. The molecule has 0 aliphatic carbocycles. The highest BCUT2D eigenvalue weighted by atomic mass is 32.1. The molecule has 0 spiro atoms. The third-order valence-corrected chi connectivity index (χ3v) is 3.38. The molecule has 0 aromatic carbocycles. The molecule has 0 atom stereocenters. The van der Waals surface area contributed by atoms with Crippen LogP contribution in [0.3, 0.4) is 0 Å². The van der Waals surface area contributed by atoms with E-state index in [1.807, 2.05) is 0 Å². The number of hydrogen-bond donors (Lipinski definition) is 0. The number of carbonyl (C=O) groups is 1. The average Bonchev–Trinajstić information content (AvgIpc) is 2.86. The standard InChI is InChI=1S/C12H10F3N3OS/c1-6(2)9-11(20-18-17-9)10(19)7-5-16-4-3-8(7)12(13,14)15/h3-6H,1-2H3. The third kappa shape index (κ3) is 2.69. The highest BCUT2D eigenvalue weighted by Gasteiger charge is 2.36. The van der Waals surface area contributed by atoms with E-state index in [9.17, 15) is 18.0 Å². The zero-order valence-corrected chi connectivity index (χ0v) is 11.4. The molecule has 0 saturated carbocycles. The largest absolute Gasteiger partial charge is 0.417 e. The lowest BCUT2D eigenvalue weighted by Crippen LogP contribution is -2.14. The summed E-state index contributed by atoms with van der Waals surface area (Å²) in [6.45, 7) is 3.59. The van der Waals surface area contributed by atoms with Gasteiger partial charge in [-0.25, -0.2) is 0 Å². The molecule has 0 N–H and O–H groups in total. The van der Waals surface area contributed by atoms with E-state index >= 15 is 0 Å².